The summed E-state index contributed by atoms with van der Waals surface area (Å²) in [6.07, 6.45) is 4.60. The van der Waals surface area contributed by atoms with Crippen molar-refractivity contribution in [2.75, 3.05) is 13.7 Å². The van der Waals surface area contributed by atoms with E-state index >= 15 is 0 Å². The fourth-order valence-corrected chi connectivity index (χ4v) is 1.48. The highest BCUT2D eigenvalue weighted by Gasteiger charge is 2.11. The van der Waals surface area contributed by atoms with Crippen molar-refractivity contribution in [3.05, 3.63) is 40.6 Å². The molecule has 0 amide bonds. The minimum Gasteiger partial charge on any atom is -0.476 e. The smallest absolute Gasteiger partial charge is 0.360 e. The Hall–Kier alpha value is -2.48. The van der Waals surface area contributed by atoms with Gasteiger partial charge in [0, 0.05) is 19.4 Å². The molecule has 0 fully saturated rings. The summed E-state index contributed by atoms with van der Waals surface area (Å²) in [6, 6.07) is 1.16. The van der Waals surface area contributed by atoms with Crippen molar-refractivity contribution in [1.82, 2.24) is 19.6 Å². The Balaban J connectivity index is 2.31. The van der Waals surface area contributed by atoms with Gasteiger partial charge in [-0.2, -0.15) is 10.2 Å². The van der Waals surface area contributed by atoms with E-state index in [0.717, 1.165) is 6.07 Å². The number of carboxylic acids is 1. The molecular weight excluding hydrogens is 252 g/mol. The number of rotatable bonds is 5. The predicted octanol–water partition coefficient (Wildman–Crippen LogP) is -0.226. The van der Waals surface area contributed by atoms with Gasteiger partial charge in [-0.3, -0.25) is 9.48 Å². The van der Waals surface area contributed by atoms with Crippen molar-refractivity contribution >= 4 is 5.97 Å². The Morgan fingerprint density at radius 3 is 3.00 bits per heavy atom. The average molecular weight is 264 g/mol. The van der Waals surface area contributed by atoms with Gasteiger partial charge in [-0.05, 0) is 0 Å². The maximum Gasteiger partial charge on any atom is 0.360 e. The summed E-state index contributed by atoms with van der Waals surface area (Å²) in [5.41, 5.74) is -0.582. The average Bonchev–Trinajstić information content (AvgIpc) is 2.85. The van der Waals surface area contributed by atoms with Crippen LogP contribution < -0.4 is 5.43 Å². The summed E-state index contributed by atoms with van der Waals surface area (Å²) < 4.78 is 7.86. The highest BCUT2D eigenvalue weighted by Crippen LogP contribution is 2.03. The number of ether oxygens (including phenoxy) is 1. The number of carbonyl (C=O) groups is 1. The fourth-order valence-electron chi connectivity index (χ4n) is 1.48. The van der Waals surface area contributed by atoms with Crippen LogP contribution in [0.2, 0.25) is 0 Å². The van der Waals surface area contributed by atoms with Crippen LogP contribution in [0, 0.1) is 0 Å². The summed E-state index contributed by atoms with van der Waals surface area (Å²) >= 11 is 0. The fraction of sp³-hybridized carbons (Fsp3) is 0.273. The van der Waals surface area contributed by atoms with Crippen LogP contribution in [0.25, 0.3) is 5.69 Å². The van der Waals surface area contributed by atoms with Crippen molar-refractivity contribution in [3.8, 4) is 5.69 Å². The number of hydrogen-bond acceptors (Lipinski definition) is 5. The number of carboxylic acid groups (broad SMARTS) is 1. The van der Waals surface area contributed by atoms with E-state index in [0.29, 0.717) is 18.8 Å². The molecule has 0 aliphatic heterocycles. The van der Waals surface area contributed by atoms with Crippen molar-refractivity contribution < 1.29 is 14.6 Å². The molecule has 2 aromatic rings. The van der Waals surface area contributed by atoms with Gasteiger partial charge in [0.2, 0.25) is 11.1 Å². The zero-order valence-electron chi connectivity index (χ0n) is 10.2. The van der Waals surface area contributed by atoms with Crippen LogP contribution in [0.5, 0.6) is 0 Å². The van der Waals surface area contributed by atoms with Gasteiger partial charge in [0.25, 0.3) is 0 Å². The largest absolute Gasteiger partial charge is 0.476 e. The molecule has 0 aliphatic rings. The SMILES string of the molecule is COCCn1cc(-n2ccc(=O)c(C(=O)O)n2)cn1. The van der Waals surface area contributed by atoms with Crippen LogP contribution >= 0.6 is 0 Å². The zero-order chi connectivity index (χ0) is 13.8. The first-order valence-corrected chi connectivity index (χ1v) is 5.47. The molecule has 100 valence electrons. The Labute approximate surface area is 107 Å². The molecule has 8 heteroatoms. The Bertz CT molecular complexity index is 646. The van der Waals surface area contributed by atoms with Crippen LogP contribution in [0.3, 0.4) is 0 Å². The summed E-state index contributed by atoms with van der Waals surface area (Å²) in [5.74, 6) is -1.36. The maximum absolute atomic E-state index is 11.3. The molecule has 0 aliphatic carbocycles. The molecule has 0 atom stereocenters. The standard InChI is InChI=1S/C11H12N4O4/c1-19-5-4-14-7-8(6-12-14)15-3-2-9(16)10(13-15)11(17)18/h2-3,6-7H,4-5H2,1H3,(H,17,18). The first kappa shape index (κ1) is 13.0. The van der Waals surface area contributed by atoms with E-state index in [1.807, 2.05) is 0 Å². The Morgan fingerprint density at radius 1 is 1.53 bits per heavy atom. The van der Waals surface area contributed by atoms with E-state index in [4.69, 9.17) is 9.84 Å². The highest BCUT2D eigenvalue weighted by atomic mass is 16.5. The minimum atomic E-state index is -1.36. The molecule has 0 aromatic carbocycles. The minimum absolute atomic E-state index is 0.513. The number of methoxy groups -OCH3 is 1. The van der Waals surface area contributed by atoms with E-state index in [-0.39, 0.29) is 0 Å². The lowest BCUT2D eigenvalue weighted by Gasteiger charge is -2.02. The van der Waals surface area contributed by atoms with Crippen LogP contribution in [0.15, 0.2) is 29.5 Å². The second kappa shape index (κ2) is 5.44. The monoisotopic (exact) mass is 264 g/mol. The van der Waals surface area contributed by atoms with Gasteiger partial charge in [0.15, 0.2) is 0 Å². The Kier molecular flexibility index (Phi) is 3.71. The van der Waals surface area contributed by atoms with Crippen LogP contribution in [-0.2, 0) is 11.3 Å². The van der Waals surface area contributed by atoms with Gasteiger partial charge in [0.1, 0.15) is 5.69 Å². The molecule has 0 unspecified atom stereocenters. The molecule has 1 N–H and O–H groups in total. The van der Waals surface area contributed by atoms with Gasteiger partial charge in [-0.15, -0.1) is 0 Å². The molecular formula is C11H12N4O4. The second-order valence-corrected chi connectivity index (χ2v) is 3.73. The third kappa shape index (κ3) is 2.86. The van der Waals surface area contributed by atoms with Crippen molar-refractivity contribution in [1.29, 1.82) is 0 Å². The van der Waals surface area contributed by atoms with E-state index in [2.05, 4.69) is 10.2 Å². The van der Waals surface area contributed by atoms with Gasteiger partial charge in [-0.25, -0.2) is 9.48 Å². The summed E-state index contributed by atoms with van der Waals surface area (Å²) in [7, 11) is 1.59. The van der Waals surface area contributed by atoms with Gasteiger partial charge in [0.05, 0.1) is 25.5 Å². The summed E-state index contributed by atoms with van der Waals surface area (Å²) in [4.78, 5) is 22.1. The summed E-state index contributed by atoms with van der Waals surface area (Å²) in [5, 5.41) is 16.7. The van der Waals surface area contributed by atoms with Crippen LogP contribution in [0.1, 0.15) is 10.5 Å². The van der Waals surface area contributed by atoms with E-state index in [1.165, 1.54) is 17.1 Å². The number of aromatic nitrogens is 4. The maximum atomic E-state index is 11.3. The lowest BCUT2D eigenvalue weighted by atomic mass is 10.4. The summed E-state index contributed by atoms with van der Waals surface area (Å²) in [6.45, 7) is 1.08. The molecule has 2 aromatic heterocycles. The van der Waals surface area contributed by atoms with Gasteiger partial charge >= 0.3 is 5.97 Å². The van der Waals surface area contributed by atoms with Crippen LogP contribution in [0.4, 0.5) is 0 Å². The predicted molar refractivity (Wildman–Crippen MR) is 64.5 cm³/mol. The van der Waals surface area contributed by atoms with Gasteiger partial charge in [-0.1, -0.05) is 0 Å². The second-order valence-electron chi connectivity index (χ2n) is 3.73. The van der Waals surface area contributed by atoms with Crippen LogP contribution in [-0.4, -0.2) is 44.4 Å². The molecule has 2 heterocycles. The molecule has 19 heavy (non-hydrogen) atoms. The molecule has 0 radical (unpaired) electrons. The lowest BCUT2D eigenvalue weighted by Crippen LogP contribution is -2.20. The van der Waals surface area contributed by atoms with E-state index in [9.17, 15) is 9.59 Å². The molecule has 0 saturated heterocycles. The first-order valence-electron chi connectivity index (χ1n) is 5.47. The normalized spacial score (nSPS) is 10.6. The Morgan fingerprint density at radius 2 is 2.32 bits per heavy atom. The van der Waals surface area contributed by atoms with Crippen molar-refractivity contribution in [2.45, 2.75) is 6.54 Å². The molecule has 8 nitrogen and oxygen atoms in total. The third-order valence-corrected chi connectivity index (χ3v) is 2.42. The first-order chi connectivity index (χ1) is 9.11. The van der Waals surface area contributed by atoms with E-state index < -0.39 is 17.1 Å². The van der Waals surface area contributed by atoms with Crippen molar-refractivity contribution in [3.63, 3.8) is 0 Å². The quantitative estimate of drug-likeness (QED) is 0.801. The third-order valence-electron chi connectivity index (χ3n) is 2.42. The number of hydrogen-bond donors (Lipinski definition) is 1. The number of nitrogens with zero attached hydrogens (tertiary/aromatic N) is 4. The zero-order valence-corrected chi connectivity index (χ0v) is 10.2. The van der Waals surface area contributed by atoms with Gasteiger partial charge < -0.3 is 9.84 Å². The number of aromatic carboxylic acids is 1. The molecule has 2 rings (SSSR count). The molecule has 0 saturated carbocycles. The highest BCUT2D eigenvalue weighted by molar-refractivity contribution is 5.84. The molecule has 0 bridgehead atoms. The molecule has 0 spiro atoms. The lowest BCUT2D eigenvalue weighted by molar-refractivity contribution is 0.0687. The van der Waals surface area contributed by atoms with Crippen molar-refractivity contribution in [2.24, 2.45) is 0 Å². The van der Waals surface area contributed by atoms with E-state index in [1.54, 1.807) is 18.0 Å². The topological polar surface area (TPSA) is 99.2 Å².